The number of rotatable bonds is 20. The molecule has 27 heteroatoms. The van der Waals surface area contributed by atoms with Gasteiger partial charge in [-0.2, -0.15) is 15.4 Å². The van der Waals surface area contributed by atoms with Crippen LogP contribution in [0, 0.1) is 40.0 Å². The summed E-state index contributed by atoms with van der Waals surface area (Å²) in [6, 6.07) is 17.1. The van der Waals surface area contributed by atoms with Crippen molar-refractivity contribution in [2.24, 2.45) is 11.1 Å². The number of fused-ring (bicyclic) bond motifs is 3. The number of H-pyrrole nitrogens is 1. The summed E-state index contributed by atoms with van der Waals surface area (Å²) in [7, 11) is 0. The van der Waals surface area contributed by atoms with E-state index in [1.807, 2.05) is 39.7 Å². The standard InChI is InChI=1S/C24H25ClN4O4.C24H26ClN3O4.C24H25FN6O3/c1-12-5-6-14(8-15(12)25)27-20(31)18-13(2)17(16-4-3-7-29(16)18)19(30)21(32)28-24-9-23(10-24,11-24)22(26)33;1-4-18(29)24(9-10-24)27-23(32)21(30)19-14(3)20(28-11-5-6-17(19)28)22(31)26-15-8-7-13(2)16(25)12-15;1-13-19(21(32)23(34)28-24(8-9-24)18-12-26-30-29-18)17-7-4-10-31(17)20(13)22(33)27-16-6-3-5-15(11-16)14(2)25/h5-6,8H,3-4,7,9-11H2,1-2H3,(H2,26,33)(H,27,31)(H,28,32);7-8,12H,4-6,9-11H2,1-3H3,(H,26,31)(H,27,32);3,5-6,11-12,14H,4,7-10H2,1-2H3,(H,27,33)(H,28,34)(H,26,29,30). The lowest BCUT2D eigenvalue weighted by Gasteiger charge is -2.68. The molecule has 15 rings (SSSR count). The van der Waals surface area contributed by atoms with E-state index in [1.54, 1.807) is 82.4 Å². The number of carbonyl (C=O) groups excluding carboxylic acids is 11. The van der Waals surface area contributed by atoms with Gasteiger partial charge in [-0.25, -0.2) is 4.39 Å². The van der Waals surface area contributed by atoms with Crippen LogP contribution in [0.5, 0.6) is 0 Å². The third-order valence-electron chi connectivity index (χ3n) is 20.5. The molecular weight excluding hydrogens is 1310 g/mol. The number of hydrogen-bond acceptors (Lipinski definition) is 13. The molecule has 2 bridgehead atoms. The number of hydrogen-bond donors (Lipinski definition) is 8. The molecule has 5 fully saturated rings. The fourth-order valence-corrected chi connectivity index (χ4v) is 15.4. The molecule has 5 saturated carbocycles. The Balaban J connectivity index is 0.000000141. The van der Waals surface area contributed by atoms with Gasteiger partial charge in [0, 0.05) is 75.8 Å². The van der Waals surface area contributed by atoms with Gasteiger partial charge in [0.15, 0.2) is 5.78 Å². The third-order valence-corrected chi connectivity index (χ3v) is 21.3. The minimum atomic E-state index is -1.16. The van der Waals surface area contributed by atoms with Crippen molar-refractivity contribution in [1.82, 2.24) is 45.1 Å². The summed E-state index contributed by atoms with van der Waals surface area (Å²) in [5.41, 5.74) is 12.8. The first-order valence-electron chi connectivity index (χ1n) is 33.2. The fraction of sp³-hybridized carbons (Fsp3) is 0.403. The number of anilines is 3. The number of halogens is 3. The van der Waals surface area contributed by atoms with Crippen LogP contribution in [-0.2, 0) is 68.4 Å². The minimum Gasteiger partial charge on any atom is -0.369 e. The third kappa shape index (κ3) is 12.8. The molecule has 4 aromatic heterocycles. The highest BCUT2D eigenvalue weighted by Gasteiger charge is 2.72. The first-order valence-corrected chi connectivity index (χ1v) is 34.0. The molecule has 0 saturated heterocycles. The van der Waals surface area contributed by atoms with Gasteiger partial charge >= 0.3 is 0 Å². The topological polar surface area (TPSA) is 342 Å². The van der Waals surface area contributed by atoms with Crippen molar-refractivity contribution in [1.29, 1.82) is 0 Å². The van der Waals surface area contributed by atoms with E-state index in [4.69, 9.17) is 28.9 Å². The van der Waals surface area contributed by atoms with Crippen LogP contribution in [0.4, 0.5) is 21.5 Å². The highest BCUT2D eigenvalue weighted by atomic mass is 35.5. The molecular formula is C72H76Cl2FN13O11. The van der Waals surface area contributed by atoms with Crippen molar-refractivity contribution in [2.75, 3.05) is 16.0 Å². The van der Waals surface area contributed by atoms with Crippen molar-refractivity contribution in [2.45, 2.75) is 181 Å². The Morgan fingerprint density at radius 2 is 1.01 bits per heavy atom. The van der Waals surface area contributed by atoms with Gasteiger partial charge in [-0.05, 0) is 195 Å². The molecule has 24 nitrogen and oxygen atoms in total. The second kappa shape index (κ2) is 26.4. The number of primary amides is 1. The van der Waals surface area contributed by atoms with E-state index < -0.39 is 69.2 Å². The van der Waals surface area contributed by atoms with Gasteiger partial charge in [0.1, 0.15) is 28.9 Å². The van der Waals surface area contributed by atoms with Crippen molar-refractivity contribution >= 4 is 105 Å². The molecule has 1 unspecified atom stereocenters. The van der Waals surface area contributed by atoms with Crippen LogP contribution in [0.3, 0.4) is 0 Å². The highest BCUT2D eigenvalue weighted by Crippen LogP contribution is 2.67. The maximum Gasteiger partial charge on any atom is 0.293 e. The monoisotopic (exact) mass is 1390 g/mol. The van der Waals surface area contributed by atoms with Crippen molar-refractivity contribution in [3.05, 3.63) is 167 Å². The highest BCUT2D eigenvalue weighted by molar-refractivity contribution is 6.45. The van der Waals surface area contributed by atoms with Gasteiger partial charge in [-0.1, -0.05) is 54.4 Å². The Bertz CT molecular complexity index is 4610. The Morgan fingerprint density at radius 1 is 0.586 bits per heavy atom. The van der Waals surface area contributed by atoms with Gasteiger partial charge in [-0.15, -0.1) is 0 Å². The number of ketones is 4. The van der Waals surface area contributed by atoms with E-state index in [0.29, 0.717) is 185 Å². The molecule has 1 atom stereocenters. The van der Waals surface area contributed by atoms with E-state index in [9.17, 15) is 57.1 Å². The van der Waals surface area contributed by atoms with Crippen LogP contribution in [0.25, 0.3) is 0 Å². The fourth-order valence-electron chi connectivity index (χ4n) is 15.0. The number of Topliss-reactive ketones (excluding diaryl/α,β-unsaturated/α-hetero) is 4. The largest absolute Gasteiger partial charge is 0.369 e. The second-order valence-corrected chi connectivity index (χ2v) is 28.1. The lowest BCUT2D eigenvalue weighted by molar-refractivity contribution is -0.179. The molecule has 7 aromatic rings. The van der Waals surface area contributed by atoms with Crippen LogP contribution < -0.4 is 37.6 Å². The Hall–Kier alpha value is -9.88. The molecule has 5 aliphatic carbocycles. The molecule has 99 heavy (non-hydrogen) atoms. The van der Waals surface area contributed by atoms with Gasteiger partial charge in [0.2, 0.25) is 5.91 Å². The van der Waals surface area contributed by atoms with Gasteiger partial charge in [-0.3, -0.25) is 52.7 Å². The quantitative estimate of drug-likeness (QED) is 0.0261. The summed E-state index contributed by atoms with van der Waals surface area (Å²) in [4.78, 5) is 141. The zero-order chi connectivity index (χ0) is 70.9. The number of nitrogens with one attached hydrogen (secondary N) is 7. The number of aromatic amines is 1. The molecule has 7 heterocycles. The predicted molar refractivity (Wildman–Crippen MR) is 365 cm³/mol. The first-order chi connectivity index (χ1) is 47.0. The molecule has 9 N–H and O–H groups in total. The molecule has 0 spiro atoms. The van der Waals surface area contributed by atoms with Gasteiger partial charge < -0.3 is 51.3 Å². The van der Waals surface area contributed by atoms with E-state index >= 15 is 0 Å². The average molecular weight is 1390 g/mol. The summed E-state index contributed by atoms with van der Waals surface area (Å²) < 4.78 is 19.2. The van der Waals surface area contributed by atoms with E-state index in [2.05, 4.69) is 47.3 Å². The number of aryl methyl sites for hydroxylation is 2. The Morgan fingerprint density at radius 3 is 1.38 bits per heavy atom. The lowest BCUT2D eigenvalue weighted by atomic mass is 9.39. The van der Waals surface area contributed by atoms with Crippen LogP contribution in [0.1, 0.15) is 209 Å². The Kier molecular flexibility index (Phi) is 18.4. The van der Waals surface area contributed by atoms with Crippen LogP contribution in [-0.4, -0.2) is 105 Å². The number of nitrogens with two attached hydrogens (primary N) is 1. The van der Waals surface area contributed by atoms with Crippen LogP contribution in [0.2, 0.25) is 10.0 Å². The molecule has 3 aliphatic heterocycles. The van der Waals surface area contributed by atoms with E-state index in [1.165, 1.54) is 6.92 Å². The lowest BCUT2D eigenvalue weighted by Crippen LogP contribution is -2.78. The second-order valence-electron chi connectivity index (χ2n) is 27.3. The van der Waals surface area contributed by atoms with E-state index in [-0.39, 0.29) is 34.6 Å². The van der Waals surface area contributed by atoms with Crippen LogP contribution in [0.15, 0.2) is 66.9 Å². The zero-order valence-corrected chi connectivity index (χ0v) is 57.4. The summed E-state index contributed by atoms with van der Waals surface area (Å²) >= 11 is 12.3. The minimum absolute atomic E-state index is 0.0608. The number of carbonyl (C=O) groups is 11. The average Bonchev–Trinajstić information content (AvgIpc) is 1.59. The number of amides is 7. The molecule has 8 aliphatic rings. The molecule has 0 radical (unpaired) electrons. The smallest absolute Gasteiger partial charge is 0.293 e. The number of benzene rings is 3. The summed E-state index contributed by atoms with van der Waals surface area (Å²) in [6.45, 7) is 13.8. The summed E-state index contributed by atoms with van der Waals surface area (Å²) in [6.07, 6.45) is 8.77. The molecule has 7 amide bonds. The van der Waals surface area contributed by atoms with Gasteiger partial charge in [0.05, 0.1) is 39.4 Å². The zero-order valence-electron chi connectivity index (χ0n) is 55.9. The van der Waals surface area contributed by atoms with Crippen molar-refractivity contribution in [3.8, 4) is 0 Å². The van der Waals surface area contributed by atoms with Crippen molar-refractivity contribution < 1.29 is 57.1 Å². The van der Waals surface area contributed by atoms with E-state index in [0.717, 1.165) is 30.4 Å². The van der Waals surface area contributed by atoms with Crippen LogP contribution >= 0.6 is 23.2 Å². The van der Waals surface area contributed by atoms with Gasteiger partial charge in [0.25, 0.3) is 52.8 Å². The normalized spacial score (nSPS) is 18.9. The number of nitrogens with zero attached hydrogens (tertiary/aromatic N) is 5. The predicted octanol–water partition coefficient (Wildman–Crippen LogP) is 9.56. The number of aromatic nitrogens is 6. The SMILES string of the molecule is CCC(=O)C1(NC(=O)C(=O)c2c(C)c(C(=O)Nc3ccc(C)c(Cl)c3)n3c2CCC3)CC1.Cc1c(C(=O)C(=O)NC2(c3cn[nH]n3)CC2)c2n(c1C(=O)Nc1cccc(C(C)F)c1)CCC2.Cc1ccc(NC(=O)c2c(C)c(C(=O)C(=O)NC34CC(C(N)=O)(C3)C4)c3n2CCC3)cc1Cl. The first kappa shape index (κ1) is 69.0. The maximum absolute atomic E-state index is 13.7. The molecule has 516 valence electrons. The summed E-state index contributed by atoms with van der Waals surface area (Å²) in [5.74, 6) is -5.73. The Labute approximate surface area is 578 Å². The maximum atomic E-state index is 13.7. The number of alkyl halides is 1. The molecule has 3 aromatic carbocycles. The summed E-state index contributed by atoms with van der Waals surface area (Å²) in [5, 5.41) is 28.3. The van der Waals surface area contributed by atoms with Crippen molar-refractivity contribution in [3.63, 3.8) is 0 Å².